The third-order valence-electron chi connectivity index (χ3n) is 2.47. The van der Waals surface area contributed by atoms with Crippen molar-refractivity contribution in [3.05, 3.63) is 39.9 Å². The van der Waals surface area contributed by atoms with Crippen molar-refractivity contribution in [3.8, 4) is 0 Å². The quantitative estimate of drug-likeness (QED) is 0.337. The number of hydrogen-bond acceptors (Lipinski definition) is 4. The van der Waals surface area contributed by atoms with E-state index >= 15 is 0 Å². The van der Waals surface area contributed by atoms with Gasteiger partial charge in [0.05, 0.1) is 17.1 Å². The lowest BCUT2D eigenvalue weighted by atomic mass is 10.1. The lowest BCUT2D eigenvalue weighted by Crippen LogP contribution is -2.07. The van der Waals surface area contributed by atoms with E-state index < -0.39 is 10.9 Å². The van der Waals surface area contributed by atoms with Crippen molar-refractivity contribution in [1.82, 2.24) is 0 Å². The van der Waals surface area contributed by atoms with E-state index in [4.69, 9.17) is 4.74 Å². The van der Waals surface area contributed by atoms with Gasteiger partial charge >= 0.3 is 5.97 Å². The maximum atomic E-state index is 11.6. The zero-order valence-corrected chi connectivity index (χ0v) is 10.6. The van der Waals surface area contributed by atoms with Crippen LogP contribution in [0.5, 0.6) is 0 Å². The Morgan fingerprint density at radius 3 is 2.44 bits per heavy atom. The summed E-state index contributed by atoms with van der Waals surface area (Å²) in [5, 5.41) is 10.4. The first-order chi connectivity index (χ1) is 8.50. The zero-order valence-electron chi connectivity index (χ0n) is 10.6. The average Bonchev–Trinajstić information content (AvgIpc) is 2.34. The van der Waals surface area contributed by atoms with Crippen molar-refractivity contribution in [2.24, 2.45) is 5.92 Å². The summed E-state index contributed by atoms with van der Waals surface area (Å²) < 4.78 is 5.07. The van der Waals surface area contributed by atoms with Crippen molar-refractivity contribution < 1.29 is 14.5 Å². The van der Waals surface area contributed by atoms with Gasteiger partial charge in [-0.15, -0.1) is 0 Å². The molecular weight excluding hydrogens is 234 g/mol. The first-order valence-corrected chi connectivity index (χ1v) is 5.92. The molecule has 0 fully saturated rings. The molecule has 0 amide bonds. The second kappa shape index (κ2) is 6.74. The van der Waals surface area contributed by atoms with Crippen LogP contribution in [0.15, 0.2) is 24.3 Å². The minimum atomic E-state index is -0.502. The highest BCUT2D eigenvalue weighted by atomic mass is 16.6. The molecule has 98 valence electrons. The van der Waals surface area contributed by atoms with Crippen LogP contribution in [0.4, 0.5) is 5.69 Å². The molecule has 0 radical (unpaired) electrons. The highest BCUT2D eigenvalue weighted by Gasteiger charge is 2.10. The van der Waals surface area contributed by atoms with Crippen LogP contribution in [-0.2, 0) is 4.74 Å². The fourth-order valence-corrected chi connectivity index (χ4v) is 1.46. The van der Waals surface area contributed by atoms with Gasteiger partial charge in [0.15, 0.2) is 0 Å². The number of carbonyl (C=O) groups is 1. The highest BCUT2D eigenvalue weighted by Crippen LogP contribution is 2.13. The normalized spacial score (nSPS) is 10.4. The van der Waals surface area contributed by atoms with Crippen LogP contribution >= 0.6 is 0 Å². The fraction of sp³-hybridized carbons (Fsp3) is 0.462. The van der Waals surface area contributed by atoms with Gasteiger partial charge in [0.2, 0.25) is 0 Å². The average molecular weight is 251 g/mol. The first kappa shape index (κ1) is 14.2. The van der Waals surface area contributed by atoms with E-state index in [2.05, 4.69) is 13.8 Å². The van der Waals surface area contributed by atoms with Crippen molar-refractivity contribution in [2.45, 2.75) is 26.7 Å². The Labute approximate surface area is 106 Å². The van der Waals surface area contributed by atoms with Crippen LogP contribution in [0.1, 0.15) is 37.0 Å². The fourth-order valence-electron chi connectivity index (χ4n) is 1.46. The Morgan fingerprint density at radius 1 is 1.33 bits per heavy atom. The summed E-state index contributed by atoms with van der Waals surface area (Å²) in [4.78, 5) is 21.5. The Balaban J connectivity index is 2.44. The monoisotopic (exact) mass is 251 g/mol. The van der Waals surface area contributed by atoms with E-state index in [1.54, 1.807) is 0 Å². The van der Waals surface area contributed by atoms with Crippen molar-refractivity contribution in [3.63, 3.8) is 0 Å². The third kappa shape index (κ3) is 4.53. The van der Waals surface area contributed by atoms with E-state index in [0.717, 1.165) is 12.8 Å². The summed E-state index contributed by atoms with van der Waals surface area (Å²) in [5.41, 5.74) is 0.302. The standard InChI is InChI=1S/C13H17NO4/c1-10(2)4-3-9-18-13(15)11-5-7-12(8-6-11)14(16)17/h5-8,10H,3-4,9H2,1-2H3. The molecule has 18 heavy (non-hydrogen) atoms. The molecule has 1 aromatic carbocycles. The number of non-ortho nitro benzene ring substituents is 1. The SMILES string of the molecule is CC(C)CCCOC(=O)c1ccc([N+](=O)[O-])cc1. The maximum absolute atomic E-state index is 11.6. The van der Waals surface area contributed by atoms with Crippen LogP contribution < -0.4 is 0 Å². The van der Waals surface area contributed by atoms with E-state index in [0.29, 0.717) is 18.1 Å². The van der Waals surface area contributed by atoms with E-state index in [-0.39, 0.29) is 5.69 Å². The Bertz CT molecular complexity index is 412. The minimum absolute atomic E-state index is 0.0358. The van der Waals surface area contributed by atoms with E-state index in [9.17, 15) is 14.9 Å². The van der Waals surface area contributed by atoms with Gasteiger partial charge in [-0.3, -0.25) is 10.1 Å². The largest absolute Gasteiger partial charge is 0.462 e. The molecular formula is C13H17NO4. The van der Waals surface area contributed by atoms with Gasteiger partial charge in [0.1, 0.15) is 0 Å². The molecule has 0 aliphatic rings. The lowest BCUT2D eigenvalue weighted by Gasteiger charge is -2.06. The molecule has 0 aliphatic heterocycles. The van der Waals surface area contributed by atoms with Crippen LogP contribution in [-0.4, -0.2) is 17.5 Å². The van der Waals surface area contributed by atoms with Gasteiger partial charge < -0.3 is 4.74 Å². The first-order valence-electron chi connectivity index (χ1n) is 5.92. The predicted octanol–water partition coefficient (Wildman–Crippen LogP) is 3.19. The number of nitro benzene ring substituents is 1. The van der Waals surface area contributed by atoms with Crippen LogP contribution in [0, 0.1) is 16.0 Å². The molecule has 5 heteroatoms. The lowest BCUT2D eigenvalue weighted by molar-refractivity contribution is -0.384. The molecule has 0 spiro atoms. The summed E-state index contributed by atoms with van der Waals surface area (Å²) in [7, 11) is 0. The summed E-state index contributed by atoms with van der Waals surface area (Å²) in [5.74, 6) is 0.150. The van der Waals surface area contributed by atoms with Crippen molar-refractivity contribution in [1.29, 1.82) is 0 Å². The molecule has 0 heterocycles. The smallest absolute Gasteiger partial charge is 0.338 e. The Kier molecular flexibility index (Phi) is 5.30. The number of esters is 1. The summed E-state index contributed by atoms with van der Waals surface area (Å²) in [6.45, 7) is 4.60. The molecule has 0 aliphatic carbocycles. The number of carbonyl (C=O) groups excluding carboxylic acids is 1. The van der Waals surface area contributed by atoms with Crippen LogP contribution in [0.3, 0.4) is 0 Å². The molecule has 0 N–H and O–H groups in total. The van der Waals surface area contributed by atoms with Gasteiger partial charge in [-0.25, -0.2) is 4.79 Å². The Hall–Kier alpha value is -1.91. The summed E-state index contributed by atoms with van der Waals surface area (Å²) >= 11 is 0. The number of rotatable bonds is 6. The topological polar surface area (TPSA) is 69.4 Å². The van der Waals surface area contributed by atoms with Gasteiger partial charge in [-0.1, -0.05) is 13.8 Å². The van der Waals surface area contributed by atoms with Crippen LogP contribution in [0.2, 0.25) is 0 Å². The number of benzene rings is 1. The third-order valence-corrected chi connectivity index (χ3v) is 2.47. The minimum Gasteiger partial charge on any atom is -0.462 e. The molecule has 0 saturated carbocycles. The second-order valence-electron chi connectivity index (χ2n) is 4.48. The molecule has 0 saturated heterocycles. The highest BCUT2D eigenvalue weighted by molar-refractivity contribution is 5.89. The molecule has 0 atom stereocenters. The van der Waals surface area contributed by atoms with E-state index in [1.165, 1.54) is 24.3 Å². The molecule has 0 unspecified atom stereocenters. The molecule has 0 bridgehead atoms. The zero-order chi connectivity index (χ0) is 13.5. The van der Waals surface area contributed by atoms with Gasteiger partial charge in [0.25, 0.3) is 5.69 Å². The number of nitro groups is 1. The van der Waals surface area contributed by atoms with Crippen LogP contribution in [0.25, 0.3) is 0 Å². The number of nitrogens with zero attached hydrogens (tertiary/aromatic N) is 1. The van der Waals surface area contributed by atoms with Gasteiger partial charge in [-0.2, -0.15) is 0 Å². The van der Waals surface area contributed by atoms with Gasteiger partial charge in [-0.05, 0) is 30.9 Å². The second-order valence-corrected chi connectivity index (χ2v) is 4.48. The predicted molar refractivity (Wildman–Crippen MR) is 67.5 cm³/mol. The summed E-state index contributed by atoms with van der Waals surface area (Å²) in [6, 6.07) is 5.40. The molecule has 1 rings (SSSR count). The number of ether oxygens (including phenoxy) is 1. The molecule has 5 nitrogen and oxygen atoms in total. The van der Waals surface area contributed by atoms with Crippen molar-refractivity contribution in [2.75, 3.05) is 6.61 Å². The molecule has 1 aromatic rings. The maximum Gasteiger partial charge on any atom is 0.338 e. The summed E-state index contributed by atoms with van der Waals surface area (Å²) in [6.07, 6.45) is 1.84. The number of hydrogen-bond donors (Lipinski definition) is 0. The van der Waals surface area contributed by atoms with E-state index in [1.807, 2.05) is 0 Å². The molecule has 0 aromatic heterocycles. The van der Waals surface area contributed by atoms with Gasteiger partial charge in [0, 0.05) is 12.1 Å². The van der Waals surface area contributed by atoms with Crippen molar-refractivity contribution >= 4 is 11.7 Å². The Morgan fingerprint density at radius 2 is 1.94 bits per heavy atom.